The van der Waals surface area contributed by atoms with Gasteiger partial charge >= 0.3 is 0 Å². The van der Waals surface area contributed by atoms with Gasteiger partial charge in [0.25, 0.3) is 0 Å². The van der Waals surface area contributed by atoms with E-state index in [2.05, 4.69) is 52.3 Å². The number of aromatic nitrogens is 4. The summed E-state index contributed by atoms with van der Waals surface area (Å²) in [6.45, 7) is 3.13. The van der Waals surface area contributed by atoms with E-state index in [0.717, 1.165) is 29.3 Å². The molecule has 5 heteroatoms. The second-order valence-electron chi connectivity index (χ2n) is 5.24. The highest BCUT2D eigenvalue weighted by molar-refractivity contribution is 5.87. The fraction of sp³-hybridized carbons (Fsp3) is 0.176. The number of benzene rings is 1. The average Bonchev–Trinajstić information content (AvgIpc) is 3.14. The van der Waals surface area contributed by atoms with Crippen molar-refractivity contribution in [2.45, 2.75) is 13.5 Å². The zero-order chi connectivity index (χ0) is 15.1. The number of nitrogens with one attached hydrogen (secondary N) is 1. The Morgan fingerprint density at radius 2 is 2.09 bits per heavy atom. The number of hydrogen-bond acceptors (Lipinski definition) is 3. The molecule has 0 fully saturated rings. The summed E-state index contributed by atoms with van der Waals surface area (Å²) in [4.78, 5) is 8.86. The van der Waals surface area contributed by atoms with E-state index < -0.39 is 0 Å². The van der Waals surface area contributed by atoms with E-state index in [0.29, 0.717) is 0 Å². The molecular weight excluding hydrogens is 274 g/mol. The van der Waals surface area contributed by atoms with Crippen LogP contribution in [0.2, 0.25) is 0 Å². The predicted molar refractivity (Wildman–Crippen MR) is 89.1 cm³/mol. The fourth-order valence-electron chi connectivity index (χ4n) is 2.97. The van der Waals surface area contributed by atoms with E-state index in [1.54, 1.807) is 12.4 Å². The van der Waals surface area contributed by atoms with Crippen LogP contribution in [-0.2, 0) is 6.54 Å². The number of rotatable bonds is 3. The minimum Gasteiger partial charge on any atom is -0.372 e. The Morgan fingerprint density at radius 1 is 1.18 bits per heavy atom. The van der Waals surface area contributed by atoms with Gasteiger partial charge in [-0.15, -0.1) is 0 Å². The molecule has 0 aliphatic carbocycles. The highest BCUT2D eigenvalue weighted by Gasteiger charge is 2.13. The number of anilines is 1. The van der Waals surface area contributed by atoms with E-state index >= 15 is 0 Å². The molecule has 0 amide bonds. The van der Waals surface area contributed by atoms with Crippen molar-refractivity contribution in [1.82, 2.24) is 18.9 Å². The number of aryl methyl sites for hydroxylation is 1. The van der Waals surface area contributed by atoms with Gasteiger partial charge in [0.1, 0.15) is 11.5 Å². The van der Waals surface area contributed by atoms with Gasteiger partial charge in [-0.3, -0.25) is 9.38 Å². The molecule has 4 rings (SSSR count). The van der Waals surface area contributed by atoms with Crippen LogP contribution < -0.4 is 5.32 Å². The van der Waals surface area contributed by atoms with Gasteiger partial charge in [0, 0.05) is 48.6 Å². The number of imidazole rings is 1. The highest BCUT2D eigenvalue weighted by atomic mass is 15.1. The van der Waals surface area contributed by atoms with Gasteiger partial charge in [-0.1, -0.05) is 6.07 Å². The first-order valence-electron chi connectivity index (χ1n) is 7.41. The Bertz CT molecular complexity index is 964. The minimum atomic E-state index is 0.841. The first kappa shape index (κ1) is 12.9. The topological polar surface area (TPSA) is 47.2 Å². The van der Waals surface area contributed by atoms with Crippen molar-refractivity contribution in [3.63, 3.8) is 0 Å². The quantitative estimate of drug-likeness (QED) is 0.629. The van der Waals surface area contributed by atoms with Gasteiger partial charge in [0.05, 0.1) is 6.20 Å². The number of fused-ring (bicyclic) bond motifs is 2. The van der Waals surface area contributed by atoms with Gasteiger partial charge in [0.2, 0.25) is 0 Å². The summed E-state index contributed by atoms with van der Waals surface area (Å²) in [6, 6.07) is 8.64. The van der Waals surface area contributed by atoms with Gasteiger partial charge < -0.3 is 9.88 Å². The molecule has 1 N–H and O–H groups in total. The molecule has 0 saturated carbocycles. The summed E-state index contributed by atoms with van der Waals surface area (Å²) in [6.07, 6.45) is 7.59. The molecule has 0 atom stereocenters. The van der Waals surface area contributed by atoms with Crippen LogP contribution in [0.3, 0.4) is 0 Å². The smallest absolute Gasteiger partial charge is 0.157 e. The second-order valence-corrected chi connectivity index (χ2v) is 5.24. The Hall–Kier alpha value is -2.82. The van der Waals surface area contributed by atoms with Crippen LogP contribution in [0.25, 0.3) is 27.8 Å². The molecule has 3 aromatic heterocycles. The first-order valence-corrected chi connectivity index (χ1v) is 7.41. The summed E-state index contributed by atoms with van der Waals surface area (Å²) in [5, 5.41) is 4.48. The zero-order valence-electron chi connectivity index (χ0n) is 12.6. The van der Waals surface area contributed by atoms with Crippen molar-refractivity contribution < 1.29 is 0 Å². The van der Waals surface area contributed by atoms with Crippen molar-refractivity contribution >= 4 is 22.4 Å². The molecule has 5 nitrogen and oxygen atoms in total. The largest absolute Gasteiger partial charge is 0.372 e. The lowest BCUT2D eigenvalue weighted by atomic mass is 10.1. The molecule has 22 heavy (non-hydrogen) atoms. The van der Waals surface area contributed by atoms with Crippen molar-refractivity contribution in [2.24, 2.45) is 0 Å². The maximum Gasteiger partial charge on any atom is 0.157 e. The molecule has 0 radical (unpaired) electrons. The van der Waals surface area contributed by atoms with E-state index in [9.17, 15) is 0 Å². The molecule has 4 aromatic rings. The first-order chi connectivity index (χ1) is 10.8. The Balaban J connectivity index is 1.94. The zero-order valence-corrected chi connectivity index (χ0v) is 12.6. The molecule has 0 bridgehead atoms. The number of hydrogen-bond donors (Lipinski definition) is 1. The maximum absolute atomic E-state index is 4.72. The summed E-state index contributed by atoms with van der Waals surface area (Å²) in [5.41, 5.74) is 4.15. The molecule has 0 aliphatic heterocycles. The molecule has 3 heterocycles. The summed E-state index contributed by atoms with van der Waals surface area (Å²) >= 11 is 0. The lowest BCUT2D eigenvalue weighted by molar-refractivity contribution is 0.798. The van der Waals surface area contributed by atoms with Crippen LogP contribution in [-0.4, -0.2) is 26.0 Å². The normalized spacial score (nSPS) is 11.4. The van der Waals surface area contributed by atoms with E-state index in [-0.39, 0.29) is 0 Å². The third kappa shape index (κ3) is 1.79. The van der Waals surface area contributed by atoms with E-state index in [4.69, 9.17) is 4.98 Å². The monoisotopic (exact) mass is 291 g/mol. The SMILES string of the molecule is CCn1ccc2cc(-c3nc4cnccn4c3NC)ccc21. The lowest BCUT2D eigenvalue weighted by Gasteiger charge is -2.05. The third-order valence-electron chi connectivity index (χ3n) is 4.05. The summed E-state index contributed by atoms with van der Waals surface area (Å²) in [5.74, 6) is 0.978. The van der Waals surface area contributed by atoms with Gasteiger partial charge in [-0.25, -0.2) is 4.98 Å². The summed E-state index contributed by atoms with van der Waals surface area (Å²) < 4.78 is 4.26. The standard InChI is InChI=1S/C17H17N5/c1-3-21-8-6-12-10-13(4-5-14(12)21)16-17(18-2)22-9-7-19-11-15(22)20-16/h4-11,18H,3H2,1-2H3. The average molecular weight is 291 g/mol. The van der Waals surface area contributed by atoms with Crippen molar-refractivity contribution in [1.29, 1.82) is 0 Å². The Labute approximate surface area is 128 Å². The van der Waals surface area contributed by atoms with E-state index in [1.165, 1.54) is 10.9 Å². The molecule has 0 unspecified atom stereocenters. The molecule has 0 aliphatic rings. The fourth-order valence-corrected chi connectivity index (χ4v) is 2.97. The van der Waals surface area contributed by atoms with Crippen LogP contribution in [0.4, 0.5) is 5.82 Å². The Kier molecular flexibility index (Phi) is 2.85. The van der Waals surface area contributed by atoms with Gasteiger partial charge in [-0.2, -0.15) is 0 Å². The van der Waals surface area contributed by atoms with E-state index in [1.807, 2.05) is 17.6 Å². The minimum absolute atomic E-state index is 0.841. The van der Waals surface area contributed by atoms with Gasteiger partial charge in [-0.05, 0) is 25.1 Å². The van der Waals surface area contributed by atoms with Crippen LogP contribution in [0, 0.1) is 0 Å². The lowest BCUT2D eigenvalue weighted by Crippen LogP contribution is -1.96. The van der Waals surface area contributed by atoms with Crippen molar-refractivity contribution in [3.05, 3.63) is 49.1 Å². The van der Waals surface area contributed by atoms with Crippen LogP contribution in [0.5, 0.6) is 0 Å². The molecule has 0 saturated heterocycles. The molecule has 110 valence electrons. The van der Waals surface area contributed by atoms with Crippen molar-refractivity contribution in [3.8, 4) is 11.3 Å². The van der Waals surface area contributed by atoms with Crippen molar-refractivity contribution in [2.75, 3.05) is 12.4 Å². The molecular formula is C17H17N5. The van der Waals surface area contributed by atoms with Crippen LogP contribution in [0.1, 0.15) is 6.92 Å². The maximum atomic E-state index is 4.72. The Morgan fingerprint density at radius 3 is 2.91 bits per heavy atom. The second kappa shape index (κ2) is 4.87. The highest BCUT2D eigenvalue weighted by Crippen LogP contribution is 2.30. The van der Waals surface area contributed by atoms with Crippen LogP contribution in [0.15, 0.2) is 49.1 Å². The van der Waals surface area contributed by atoms with Gasteiger partial charge in [0.15, 0.2) is 5.65 Å². The molecule has 1 aromatic carbocycles. The summed E-state index contributed by atoms with van der Waals surface area (Å²) in [7, 11) is 1.92. The van der Waals surface area contributed by atoms with Crippen LogP contribution >= 0.6 is 0 Å². The predicted octanol–water partition coefficient (Wildman–Crippen LogP) is 3.41. The third-order valence-corrected chi connectivity index (χ3v) is 4.05. The molecule has 0 spiro atoms. The number of nitrogens with zero attached hydrogens (tertiary/aromatic N) is 4.